The number of carbonyl (C=O) groups is 4. The summed E-state index contributed by atoms with van der Waals surface area (Å²) in [6.07, 6.45) is -0.925. The summed E-state index contributed by atoms with van der Waals surface area (Å²) in [5, 5.41) is 2.57. The number of ether oxygens (including phenoxy) is 4. The molecule has 2 rings (SSSR count). The van der Waals surface area contributed by atoms with Crippen molar-refractivity contribution >= 4 is 24.0 Å². The first kappa shape index (κ1) is 28.1. The van der Waals surface area contributed by atoms with Gasteiger partial charge in [-0.15, -0.1) is 0 Å². The van der Waals surface area contributed by atoms with Crippen molar-refractivity contribution in [1.29, 1.82) is 0 Å². The van der Waals surface area contributed by atoms with Gasteiger partial charge in [0.25, 0.3) is 0 Å². The highest BCUT2D eigenvalue weighted by molar-refractivity contribution is 5.94. The summed E-state index contributed by atoms with van der Waals surface area (Å²) in [6.45, 7) is 8.73. The molecule has 36 heavy (non-hydrogen) atoms. The van der Waals surface area contributed by atoms with E-state index >= 15 is 0 Å². The minimum atomic E-state index is -1.02. The highest BCUT2D eigenvalue weighted by Crippen LogP contribution is 2.17. The van der Waals surface area contributed by atoms with E-state index in [9.17, 15) is 19.2 Å². The lowest BCUT2D eigenvalue weighted by Gasteiger charge is -2.23. The number of esters is 3. The third kappa shape index (κ3) is 10.0. The minimum absolute atomic E-state index is 0.0475. The fraction of sp³-hybridized carbons (Fsp3) is 0.333. The molecule has 1 amide bonds. The SMILES string of the molecule is C=C(CC(=O)OC)C(=O)Oc1ccc(C[C@H](NC(=O)OC(C)(C)C)C(=O)OCc2ccccc2)cc1. The Morgan fingerprint density at radius 1 is 0.944 bits per heavy atom. The Bertz CT molecular complexity index is 1070. The fourth-order valence-electron chi connectivity index (χ4n) is 2.90. The van der Waals surface area contributed by atoms with Crippen LogP contribution >= 0.6 is 0 Å². The number of benzene rings is 2. The molecule has 0 bridgehead atoms. The monoisotopic (exact) mass is 497 g/mol. The van der Waals surface area contributed by atoms with E-state index in [1.807, 2.05) is 30.3 Å². The van der Waals surface area contributed by atoms with Gasteiger partial charge in [-0.25, -0.2) is 14.4 Å². The van der Waals surface area contributed by atoms with Gasteiger partial charge in [0, 0.05) is 12.0 Å². The average Bonchev–Trinajstić information content (AvgIpc) is 2.82. The minimum Gasteiger partial charge on any atom is -0.469 e. The Morgan fingerprint density at radius 2 is 1.58 bits per heavy atom. The summed E-state index contributed by atoms with van der Waals surface area (Å²) in [7, 11) is 1.21. The molecule has 2 aromatic carbocycles. The lowest BCUT2D eigenvalue weighted by Crippen LogP contribution is -2.45. The molecule has 0 saturated heterocycles. The van der Waals surface area contributed by atoms with E-state index in [2.05, 4.69) is 16.6 Å². The molecule has 9 nitrogen and oxygen atoms in total. The number of alkyl carbamates (subject to hydrolysis) is 1. The van der Waals surface area contributed by atoms with Crippen molar-refractivity contribution in [2.24, 2.45) is 0 Å². The van der Waals surface area contributed by atoms with Crippen LogP contribution in [0.25, 0.3) is 0 Å². The van der Waals surface area contributed by atoms with Gasteiger partial charge in [-0.1, -0.05) is 49.0 Å². The molecular weight excluding hydrogens is 466 g/mol. The number of carbonyl (C=O) groups excluding carboxylic acids is 4. The summed E-state index contributed by atoms with van der Waals surface area (Å²) in [5.41, 5.74) is 0.683. The maximum atomic E-state index is 12.8. The number of amides is 1. The van der Waals surface area contributed by atoms with Crippen LogP contribution in [0.2, 0.25) is 0 Å². The van der Waals surface area contributed by atoms with Gasteiger partial charge in [0.2, 0.25) is 0 Å². The average molecular weight is 498 g/mol. The Labute approximate surface area is 210 Å². The van der Waals surface area contributed by atoms with Gasteiger partial charge in [0.15, 0.2) is 0 Å². The predicted molar refractivity (Wildman–Crippen MR) is 131 cm³/mol. The molecule has 192 valence electrons. The largest absolute Gasteiger partial charge is 0.469 e. The van der Waals surface area contributed by atoms with Crippen LogP contribution in [0.1, 0.15) is 38.3 Å². The van der Waals surface area contributed by atoms with Gasteiger partial charge >= 0.3 is 24.0 Å². The molecule has 1 N–H and O–H groups in total. The third-order valence-electron chi connectivity index (χ3n) is 4.65. The normalized spacial score (nSPS) is 11.6. The molecule has 0 saturated carbocycles. The molecule has 0 spiro atoms. The van der Waals surface area contributed by atoms with Crippen molar-refractivity contribution in [3.8, 4) is 5.75 Å². The van der Waals surface area contributed by atoms with Crippen LogP contribution in [0.15, 0.2) is 66.7 Å². The maximum Gasteiger partial charge on any atom is 0.408 e. The lowest BCUT2D eigenvalue weighted by atomic mass is 10.1. The quantitative estimate of drug-likeness (QED) is 0.227. The van der Waals surface area contributed by atoms with Crippen molar-refractivity contribution in [1.82, 2.24) is 5.32 Å². The highest BCUT2D eigenvalue weighted by atomic mass is 16.6. The number of rotatable bonds is 10. The Morgan fingerprint density at radius 3 is 2.17 bits per heavy atom. The zero-order valence-corrected chi connectivity index (χ0v) is 20.9. The molecule has 0 fully saturated rings. The van der Waals surface area contributed by atoms with Crippen molar-refractivity contribution in [2.45, 2.75) is 51.9 Å². The van der Waals surface area contributed by atoms with Crippen molar-refractivity contribution in [3.63, 3.8) is 0 Å². The van der Waals surface area contributed by atoms with Crippen LogP contribution in [0.5, 0.6) is 5.75 Å². The molecule has 0 unspecified atom stereocenters. The highest BCUT2D eigenvalue weighted by Gasteiger charge is 2.26. The molecule has 0 aliphatic rings. The van der Waals surface area contributed by atoms with Crippen LogP contribution < -0.4 is 10.1 Å². The third-order valence-corrected chi connectivity index (χ3v) is 4.65. The number of nitrogens with one attached hydrogen (secondary N) is 1. The summed E-state index contributed by atoms with van der Waals surface area (Å²) in [5.74, 6) is -1.77. The summed E-state index contributed by atoms with van der Waals surface area (Å²) >= 11 is 0. The fourth-order valence-corrected chi connectivity index (χ4v) is 2.90. The predicted octanol–water partition coefficient (Wildman–Crippen LogP) is 3.89. The van der Waals surface area contributed by atoms with Crippen LogP contribution in [0, 0.1) is 0 Å². The zero-order chi connectivity index (χ0) is 26.7. The van der Waals surface area contributed by atoms with E-state index in [1.165, 1.54) is 19.2 Å². The van der Waals surface area contributed by atoms with Crippen molar-refractivity contribution in [2.75, 3.05) is 7.11 Å². The first-order valence-electron chi connectivity index (χ1n) is 11.2. The van der Waals surface area contributed by atoms with Gasteiger partial charge in [-0.2, -0.15) is 0 Å². The molecule has 0 aromatic heterocycles. The van der Waals surface area contributed by atoms with E-state index < -0.39 is 35.6 Å². The Balaban J connectivity index is 2.06. The topological polar surface area (TPSA) is 117 Å². The van der Waals surface area contributed by atoms with Gasteiger partial charge in [0.05, 0.1) is 13.5 Å². The van der Waals surface area contributed by atoms with Gasteiger partial charge in [-0.05, 0) is 44.0 Å². The smallest absolute Gasteiger partial charge is 0.408 e. The van der Waals surface area contributed by atoms with Crippen molar-refractivity contribution < 1.29 is 38.1 Å². The second-order valence-corrected chi connectivity index (χ2v) is 8.89. The van der Waals surface area contributed by atoms with Gasteiger partial charge in [-0.3, -0.25) is 4.79 Å². The lowest BCUT2D eigenvalue weighted by molar-refractivity contribution is -0.147. The number of hydrogen-bond acceptors (Lipinski definition) is 8. The van der Waals surface area contributed by atoms with Gasteiger partial charge < -0.3 is 24.3 Å². The van der Waals surface area contributed by atoms with Crippen LogP contribution in [-0.2, 0) is 41.6 Å². The first-order valence-corrected chi connectivity index (χ1v) is 11.2. The summed E-state index contributed by atoms with van der Waals surface area (Å²) < 4.78 is 20.4. The van der Waals surface area contributed by atoms with Crippen LogP contribution in [0.4, 0.5) is 4.79 Å². The summed E-state index contributed by atoms with van der Waals surface area (Å²) in [6, 6.07) is 14.5. The maximum absolute atomic E-state index is 12.8. The molecule has 2 aromatic rings. The van der Waals surface area contributed by atoms with E-state index in [4.69, 9.17) is 14.2 Å². The molecular formula is C27H31NO8. The molecule has 1 atom stereocenters. The Hall–Kier alpha value is -4.14. The zero-order valence-electron chi connectivity index (χ0n) is 20.9. The number of hydrogen-bond donors (Lipinski definition) is 1. The standard InChI is InChI=1S/C27H31NO8/c1-18(15-23(29)33-5)24(30)35-21-13-11-19(12-14-21)16-22(28-26(32)36-27(2,3)4)25(31)34-17-20-9-7-6-8-10-20/h6-14,22H,1,15-17H2,2-5H3,(H,28,32)/t22-/m0/s1. The second kappa shape index (κ2) is 13.1. The van der Waals surface area contributed by atoms with Crippen molar-refractivity contribution in [3.05, 3.63) is 77.9 Å². The molecule has 9 heteroatoms. The van der Waals surface area contributed by atoms with E-state index in [-0.39, 0.29) is 30.8 Å². The first-order chi connectivity index (χ1) is 17.0. The van der Waals surface area contributed by atoms with E-state index in [1.54, 1.807) is 32.9 Å². The molecule has 0 aliphatic carbocycles. The number of methoxy groups -OCH3 is 1. The van der Waals surface area contributed by atoms with E-state index in [0.717, 1.165) is 5.56 Å². The van der Waals surface area contributed by atoms with Crippen LogP contribution in [0.3, 0.4) is 0 Å². The summed E-state index contributed by atoms with van der Waals surface area (Å²) in [4.78, 5) is 48.5. The molecule has 0 aliphatic heterocycles. The van der Waals surface area contributed by atoms with Gasteiger partial charge in [0.1, 0.15) is 24.0 Å². The van der Waals surface area contributed by atoms with E-state index in [0.29, 0.717) is 5.56 Å². The molecule has 0 heterocycles. The van der Waals surface area contributed by atoms with Crippen LogP contribution in [-0.4, -0.2) is 42.8 Å². The molecule has 0 radical (unpaired) electrons. The second-order valence-electron chi connectivity index (χ2n) is 8.89. The Kier molecular flexibility index (Phi) is 10.2.